The van der Waals surface area contributed by atoms with Gasteiger partial charge in [0.05, 0.1) is 5.39 Å². The van der Waals surface area contributed by atoms with Crippen LogP contribution in [-0.2, 0) is 0 Å². The first-order valence-electron chi connectivity index (χ1n) is 6.44. The van der Waals surface area contributed by atoms with Gasteiger partial charge in [0.15, 0.2) is 28.6 Å². The van der Waals surface area contributed by atoms with Crippen LogP contribution >= 0.6 is 0 Å². The summed E-state index contributed by atoms with van der Waals surface area (Å²) in [5, 5.41) is 2.44. The third kappa shape index (κ3) is 2.80. The predicted molar refractivity (Wildman–Crippen MR) is 76.8 cm³/mol. The fourth-order valence-corrected chi connectivity index (χ4v) is 2.04. The quantitative estimate of drug-likeness (QED) is 0.736. The van der Waals surface area contributed by atoms with Gasteiger partial charge in [0.2, 0.25) is 0 Å². The van der Waals surface area contributed by atoms with Crippen molar-refractivity contribution in [2.75, 3.05) is 5.32 Å². The third-order valence-electron chi connectivity index (χ3n) is 3.10. The summed E-state index contributed by atoms with van der Waals surface area (Å²) in [6, 6.07) is 8.51. The number of carbonyl (C=O) groups excluding carboxylic acids is 1. The average molecular weight is 319 g/mol. The molecule has 0 fully saturated rings. The minimum atomic E-state index is -1.64. The number of benzene rings is 2. The molecule has 0 spiro atoms. The molecule has 0 saturated carbocycles. The molecule has 1 amide bonds. The molecule has 0 bridgehead atoms. The molecular formula is C16H8F3NO3. The van der Waals surface area contributed by atoms with E-state index >= 15 is 0 Å². The number of carbonyl (C=O) groups is 1. The summed E-state index contributed by atoms with van der Waals surface area (Å²) >= 11 is 0. The van der Waals surface area contributed by atoms with Crippen molar-refractivity contribution in [2.45, 2.75) is 0 Å². The van der Waals surface area contributed by atoms with Gasteiger partial charge in [-0.1, -0.05) is 12.1 Å². The van der Waals surface area contributed by atoms with E-state index < -0.39 is 28.8 Å². The molecule has 1 heterocycles. The lowest BCUT2D eigenvalue weighted by atomic mass is 10.2. The largest absolute Gasteiger partial charge is 0.451 e. The summed E-state index contributed by atoms with van der Waals surface area (Å²) in [4.78, 5) is 23.9. The highest BCUT2D eigenvalue weighted by Crippen LogP contribution is 2.19. The van der Waals surface area contributed by atoms with E-state index in [1.54, 1.807) is 12.1 Å². The molecule has 3 aromatic rings. The zero-order valence-corrected chi connectivity index (χ0v) is 11.4. The molecule has 0 aliphatic heterocycles. The average Bonchev–Trinajstić information content (AvgIpc) is 2.52. The van der Waals surface area contributed by atoms with Crippen LogP contribution in [0.3, 0.4) is 0 Å². The van der Waals surface area contributed by atoms with E-state index in [-0.39, 0.29) is 17.0 Å². The molecule has 2 aromatic carbocycles. The van der Waals surface area contributed by atoms with Crippen LogP contribution in [0.4, 0.5) is 18.9 Å². The number of anilines is 1. The van der Waals surface area contributed by atoms with Crippen molar-refractivity contribution < 1.29 is 22.4 Å². The molecule has 0 aliphatic rings. The molecule has 116 valence electrons. The molecule has 23 heavy (non-hydrogen) atoms. The lowest BCUT2D eigenvalue weighted by molar-refractivity contribution is 0.0997. The van der Waals surface area contributed by atoms with Crippen molar-refractivity contribution in [3.63, 3.8) is 0 Å². The van der Waals surface area contributed by atoms with Gasteiger partial charge in [-0.2, -0.15) is 0 Å². The first-order valence-corrected chi connectivity index (χ1v) is 6.44. The number of nitrogens with one attached hydrogen (secondary N) is 1. The number of hydrogen-bond acceptors (Lipinski definition) is 3. The molecular weight excluding hydrogens is 311 g/mol. The molecule has 1 N–H and O–H groups in total. The second-order valence-corrected chi connectivity index (χ2v) is 4.68. The zero-order chi connectivity index (χ0) is 16.6. The van der Waals surface area contributed by atoms with Crippen molar-refractivity contribution in [3.8, 4) is 0 Å². The van der Waals surface area contributed by atoms with Crippen molar-refractivity contribution in [3.05, 3.63) is 75.9 Å². The Morgan fingerprint density at radius 1 is 1.00 bits per heavy atom. The molecule has 0 aliphatic carbocycles. The summed E-state index contributed by atoms with van der Waals surface area (Å²) in [5.74, 6) is -5.75. The summed E-state index contributed by atoms with van der Waals surface area (Å²) in [5.41, 5.74) is -0.544. The van der Waals surface area contributed by atoms with Crippen LogP contribution in [0.25, 0.3) is 11.0 Å². The number of para-hydroxylation sites is 1. The van der Waals surface area contributed by atoms with Crippen LogP contribution in [0.2, 0.25) is 0 Å². The van der Waals surface area contributed by atoms with Gasteiger partial charge in [-0.05, 0) is 12.1 Å². The maximum absolute atomic E-state index is 13.1. The highest BCUT2D eigenvalue weighted by Gasteiger charge is 2.15. The monoisotopic (exact) mass is 319 g/mol. The van der Waals surface area contributed by atoms with E-state index in [2.05, 4.69) is 5.32 Å². The fraction of sp³-hybridized carbons (Fsp3) is 0. The Bertz CT molecular complexity index is 959. The Morgan fingerprint density at radius 2 is 1.65 bits per heavy atom. The topological polar surface area (TPSA) is 59.3 Å². The van der Waals surface area contributed by atoms with Gasteiger partial charge < -0.3 is 9.73 Å². The van der Waals surface area contributed by atoms with Gasteiger partial charge in [0.25, 0.3) is 5.91 Å². The first-order chi connectivity index (χ1) is 11.0. The van der Waals surface area contributed by atoms with Gasteiger partial charge in [0, 0.05) is 23.9 Å². The molecule has 0 atom stereocenters. The van der Waals surface area contributed by atoms with Gasteiger partial charge in [-0.15, -0.1) is 0 Å². The number of hydrogen-bond donors (Lipinski definition) is 1. The zero-order valence-electron chi connectivity index (χ0n) is 11.4. The standard InChI is InChI=1S/C16H8F3NO3/c17-10-5-8(6-11(18)15(10)19)20-16(22)14-7-12(21)9-3-1-2-4-13(9)23-14/h1-7H,(H,20,22). The van der Waals surface area contributed by atoms with Crippen LogP contribution in [0.1, 0.15) is 10.6 Å². The predicted octanol–water partition coefficient (Wildman–Crippen LogP) is 3.46. The number of halogens is 3. The summed E-state index contributed by atoms with van der Waals surface area (Å²) in [6.07, 6.45) is 0. The second kappa shape index (κ2) is 5.60. The number of fused-ring (bicyclic) bond motifs is 1. The maximum atomic E-state index is 13.1. The minimum Gasteiger partial charge on any atom is -0.451 e. The Morgan fingerprint density at radius 3 is 2.35 bits per heavy atom. The highest BCUT2D eigenvalue weighted by atomic mass is 19.2. The number of rotatable bonds is 2. The molecule has 4 nitrogen and oxygen atoms in total. The van der Waals surface area contributed by atoms with E-state index in [1.165, 1.54) is 12.1 Å². The van der Waals surface area contributed by atoms with Gasteiger partial charge in [-0.25, -0.2) is 13.2 Å². The van der Waals surface area contributed by atoms with E-state index in [0.29, 0.717) is 17.5 Å². The third-order valence-corrected chi connectivity index (χ3v) is 3.10. The summed E-state index contributed by atoms with van der Waals surface area (Å²) < 4.78 is 44.4. The van der Waals surface area contributed by atoms with Crippen LogP contribution in [0, 0.1) is 17.5 Å². The second-order valence-electron chi connectivity index (χ2n) is 4.68. The van der Waals surface area contributed by atoms with E-state index in [0.717, 1.165) is 6.07 Å². The van der Waals surface area contributed by atoms with Crippen molar-refractivity contribution >= 4 is 22.6 Å². The normalized spacial score (nSPS) is 10.7. The van der Waals surface area contributed by atoms with Crippen LogP contribution in [0.15, 0.2) is 51.7 Å². The molecule has 0 radical (unpaired) electrons. The smallest absolute Gasteiger partial charge is 0.291 e. The van der Waals surface area contributed by atoms with Gasteiger partial charge in [-0.3, -0.25) is 9.59 Å². The van der Waals surface area contributed by atoms with Gasteiger partial charge >= 0.3 is 0 Å². The summed E-state index contributed by atoms with van der Waals surface area (Å²) in [7, 11) is 0. The highest BCUT2D eigenvalue weighted by molar-refractivity contribution is 6.02. The van der Waals surface area contributed by atoms with Crippen LogP contribution in [-0.4, -0.2) is 5.91 Å². The van der Waals surface area contributed by atoms with Gasteiger partial charge in [0.1, 0.15) is 5.58 Å². The first kappa shape index (κ1) is 14.8. The lowest BCUT2D eigenvalue weighted by Gasteiger charge is -2.06. The van der Waals surface area contributed by atoms with Crippen molar-refractivity contribution in [2.24, 2.45) is 0 Å². The molecule has 0 saturated heterocycles. The Kier molecular flexibility index (Phi) is 3.61. The maximum Gasteiger partial charge on any atom is 0.291 e. The Hall–Kier alpha value is -3.09. The lowest BCUT2D eigenvalue weighted by Crippen LogP contribution is -2.15. The molecule has 3 rings (SSSR count). The summed E-state index contributed by atoms with van der Waals surface area (Å²) in [6.45, 7) is 0. The van der Waals surface area contributed by atoms with Crippen LogP contribution in [0.5, 0.6) is 0 Å². The Labute approximate surface area is 127 Å². The Balaban J connectivity index is 1.96. The molecule has 0 unspecified atom stereocenters. The SMILES string of the molecule is O=C(Nc1cc(F)c(F)c(F)c1)c1cc(=O)c2ccccc2o1. The molecule has 7 heteroatoms. The van der Waals surface area contributed by atoms with Crippen LogP contribution < -0.4 is 10.7 Å². The van der Waals surface area contributed by atoms with E-state index in [9.17, 15) is 22.8 Å². The van der Waals surface area contributed by atoms with E-state index in [4.69, 9.17) is 4.42 Å². The number of amides is 1. The van der Waals surface area contributed by atoms with Crippen molar-refractivity contribution in [1.82, 2.24) is 0 Å². The van der Waals surface area contributed by atoms with Crippen molar-refractivity contribution in [1.29, 1.82) is 0 Å². The fourth-order valence-electron chi connectivity index (χ4n) is 2.04. The molecule has 1 aromatic heterocycles. The van der Waals surface area contributed by atoms with E-state index in [1.807, 2.05) is 0 Å². The minimum absolute atomic E-state index is 0.196.